The zero-order chi connectivity index (χ0) is 23.7. The number of benzene rings is 3. The predicted molar refractivity (Wildman–Crippen MR) is 131 cm³/mol. The fourth-order valence-corrected chi connectivity index (χ4v) is 4.02. The summed E-state index contributed by atoms with van der Waals surface area (Å²) in [4.78, 5) is 12.6. The lowest BCUT2D eigenvalue weighted by Gasteiger charge is -2.13. The fraction of sp³-hybridized carbons (Fsp3) is 0.148. The van der Waals surface area contributed by atoms with Crippen molar-refractivity contribution in [3.05, 3.63) is 88.4 Å². The minimum Gasteiger partial charge on any atom is -0.496 e. The number of carbonyl (C=O) groups is 1. The van der Waals surface area contributed by atoms with Gasteiger partial charge in [0, 0.05) is 33.2 Å². The normalized spacial score (nSPS) is 11.6. The van der Waals surface area contributed by atoms with Crippen LogP contribution >= 0.6 is 11.6 Å². The van der Waals surface area contributed by atoms with Crippen molar-refractivity contribution in [3.8, 4) is 16.9 Å². The van der Waals surface area contributed by atoms with Gasteiger partial charge in [-0.2, -0.15) is 0 Å². The summed E-state index contributed by atoms with van der Waals surface area (Å²) < 4.78 is 25.6. The molecular formula is C27H23ClFNO3. The van der Waals surface area contributed by atoms with Crippen molar-refractivity contribution >= 4 is 39.7 Å². The lowest BCUT2D eigenvalue weighted by atomic mass is 9.96. The third-order valence-electron chi connectivity index (χ3n) is 5.57. The van der Waals surface area contributed by atoms with Crippen LogP contribution in [0.1, 0.15) is 23.6 Å². The summed E-state index contributed by atoms with van der Waals surface area (Å²) in [5, 5.41) is 3.74. The second-order valence-corrected chi connectivity index (χ2v) is 8.35. The number of fused-ring (bicyclic) bond motifs is 1. The van der Waals surface area contributed by atoms with Gasteiger partial charge in [-0.1, -0.05) is 41.4 Å². The molecule has 1 N–H and O–H groups in total. The molecule has 1 amide bonds. The van der Waals surface area contributed by atoms with Crippen LogP contribution in [0.25, 0.3) is 27.7 Å². The third kappa shape index (κ3) is 4.50. The van der Waals surface area contributed by atoms with Gasteiger partial charge in [0.15, 0.2) is 0 Å². The highest BCUT2D eigenvalue weighted by molar-refractivity contribution is 6.30. The first kappa shape index (κ1) is 22.6. The summed E-state index contributed by atoms with van der Waals surface area (Å²) >= 11 is 5.78. The predicted octanol–water partition coefficient (Wildman–Crippen LogP) is 7.56. The van der Waals surface area contributed by atoms with E-state index in [4.69, 9.17) is 20.8 Å². The molecule has 1 heterocycles. The largest absolute Gasteiger partial charge is 0.496 e. The van der Waals surface area contributed by atoms with Crippen molar-refractivity contribution in [1.82, 2.24) is 0 Å². The third-order valence-corrected chi connectivity index (χ3v) is 5.81. The molecular weight excluding hydrogens is 441 g/mol. The highest BCUT2D eigenvalue weighted by atomic mass is 35.5. The Kier molecular flexibility index (Phi) is 6.25. The molecule has 1 aromatic heterocycles. The molecule has 6 heteroatoms. The van der Waals surface area contributed by atoms with E-state index in [1.165, 1.54) is 23.8 Å². The lowest BCUT2D eigenvalue weighted by Crippen LogP contribution is -2.10. The Morgan fingerprint density at radius 1 is 1.12 bits per heavy atom. The van der Waals surface area contributed by atoms with Crippen LogP contribution in [0.2, 0.25) is 5.02 Å². The Morgan fingerprint density at radius 2 is 1.85 bits per heavy atom. The molecule has 4 aromatic rings. The van der Waals surface area contributed by atoms with E-state index in [0.29, 0.717) is 11.3 Å². The Hall–Kier alpha value is -3.57. The number of amides is 1. The van der Waals surface area contributed by atoms with E-state index in [0.717, 1.165) is 39.3 Å². The van der Waals surface area contributed by atoms with Crippen LogP contribution < -0.4 is 10.1 Å². The van der Waals surface area contributed by atoms with Crippen LogP contribution in [0.5, 0.6) is 5.75 Å². The molecule has 0 aliphatic rings. The molecule has 0 atom stereocenters. The van der Waals surface area contributed by atoms with Gasteiger partial charge in [-0.3, -0.25) is 4.79 Å². The number of carbonyl (C=O) groups excluding carboxylic acids is 1. The van der Waals surface area contributed by atoms with Crippen LogP contribution in [0.4, 0.5) is 10.1 Å². The number of rotatable bonds is 5. The van der Waals surface area contributed by atoms with Crippen LogP contribution in [0, 0.1) is 19.7 Å². The number of ether oxygens (including phenoxy) is 1. The molecule has 0 aliphatic carbocycles. The molecule has 168 valence electrons. The van der Waals surface area contributed by atoms with Crippen molar-refractivity contribution in [2.45, 2.75) is 20.8 Å². The average molecular weight is 464 g/mol. The molecule has 0 saturated heterocycles. The van der Waals surface area contributed by atoms with Crippen molar-refractivity contribution < 1.29 is 18.3 Å². The maximum absolute atomic E-state index is 14.1. The maximum atomic E-state index is 14.1. The summed E-state index contributed by atoms with van der Waals surface area (Å²) in [7, 11) is 1.58. The Labute approximate surface area is 196 Å². The van der Waals surface area contributed by atoms with Gasteiger partial charge in [-0.25, -0.2) is 4.39 Å². The summed E-state index contributed by atoms with van der Waals surface area (Å²) in [6, 6.07) is 14.3. The van der Waals surface area contributed by atoms with Gasteiger partial charge in [0.2, 0.25) is 5.91 Å². The minimum atomic E-state index is -0.599. The van der Waals surface area contributed by atoms with Gasteiger partial charge in [0.25, 0.3) is 0 Å². The number of aryl methyl sites for hydroxylation is 2. The monoisotopic (exact) mass is 463 g/mol. The van der Waals surface area contributed by atoms with E-state index in [2.05, 4.69) is 29.6 Å². The maximum Gasteiger partial charge on any atom is 0.248 e. The van der Waals surface area contributed by atoms with E-state index in [1.54, 1.807) is 13.4 Å². The number of nitrogens with one attached hydrogen (secondary N) is 1. The summed E-state index contributed by atoms with van der Waals surface area (Å²) in [5.41, 5.74) is 6.20. The number of hydrogen-bond acceptors (Lipinski definition) is 3. The zero-order valence-electron chi connectivity index (χ0n) is 18.8. The van der Waals surface area contributed by atoms with E-state index in [9.17, 15) is 9.18 Å². The molecule has 4 rings (SSSR count). The van der Waals surface area contributed by atoms with Crippen LogP contribution in [0.3, 0.4) is 0 Å². The van der Waals surface area contributed by atoms with Gasteiger partial charge < -0.3 is 14.5 Å². The number of methoxy groups -OCH3 is 1. The van der Waals surface area contributed by atoms with E-state index in [1.807, 2.05) is 26.8 Å². The molecule has 4 nitrogen and oxygen atoms in total. The van der Waals surface area contributed by atoms with Gasteiger partial charge in [-0.15, -0.1) is 0 Å². The Bertz CT molecular complexity index is 1390. The highest BCUT2D eigenvalue weighted by Crippen LogP contribution is 2.40. The second-order valence-electron chi connectivity index (χ2n) is 7.92. The summed E-state index contributed by atoms with van der Waals surface area (Å²) in [6.07, 6.45) is 3.16. The molecule has 0 spiro atoms. The van der Waals surface area contributed by atoms with Crippen LogP contribution in [-0.2, 0) is 4.79 Å². The molecule has 0 unspecified atom stereocenters. The number of hydrogen-bond donors (Lipinski definition) is 1. The Balaban J connectivity index is 1.75. The zero-order valence-corrected chi connectivity index (χ0v) is 19.5. The summed E-state index contributed by atoms with van der Waals surface area (Å²) in [5.74, 6) is -0.441. The van der Waals surface area contributed by atoms with Crippen molar-refractivity contribution in [2.75, 3.05) is 12.4 Å². The highest BCUT2D eigenvalue weighted by Gasteiger charge is 2.19. The first-order chi connectivity index (χ1) is 15.8. The topological polar surface area (TPSA) is 51.5 Å². The van der Waals surface area contributed by atoms with Gasteiger partial charge >= 0.3 is 0 Å². The van der Waals surface area contributed by atoms with Gasteiger partial charge in [0.05, 0.1) is 19.1 Å². The van der Waals surface area contributed by atoms with Gasteiger partial charge in [0.1, 0.15) is 17.1 Å². The standard InChI is InChI=1S/C27H23ClFNO3/c1-15-5-7-18(8-6-15)22-14-33-27-17(3)26(32-4)20(13-21(22)27)16(2)11-25(31)30-24-10-9-19(28)12-23(24)29/h5-14H,1-4H3,(H,30,31)/b16-11+. The number of anilines is 1. The molecule has 0 saturated carbocycles. The van der Waals surface area contributed by atoms with Crippen LogP contribution in [0.15, 0.2) is 65.3 Å². The van der Waals surface area contributed by atoms with Gasteiger partial charge in [-0.05, 0) is 56.2 Å². The van der Waals surface area contributed by atoms with Crippen LogP contribution in [-0.4, -0.2) is 13.0 Å². The molecule has 0 aliphatic heterocycles. The minimum absolute atomic E-state index is 0.0588. The summed E-state index contributed by atoms with van der Waals surface area (Å²) in [6.45, 7) is 5.77. The first-order valence-corrected chi connectivity index (χ1v) is 10.8. The SMILES string of the molecule is COc1c(/C(C)=C/C(=O)Nc2ccc(Cl)cc2F)cc2c(-c3ccc(C)cc3)coc2c1C. The lowest BCUT2D eigenvalue weighted by molar-refractivity contribution is -0.111. The molecule has 0 bridgehead atoms. The first-order valence-electron chi connectivity index (χ1n) is 10.4. The Morgan fingerprint density at radius 3 is 2.52 bits per heavy atom. The van der Waals surface area contributed by atoms with Crippen molar-refractivity contribution in [3.63, 3.8) is 0 Å². The molecule has 0 fully saturated rings. The number of allylic oxidation sites excluding steroid dienone is 1. The fourth-order valence-electron chi connectivity index (χ4n) is 3.86. The van der Waals surface area contributed by atoms with E-state index < -0.39 is 11.7 Å². The number of halogens is 2. The van der Waals surface area contributed by atoms with Crippen molar-refractivity contribution in [1.29, 1.82) is 0 Å². The molecule has 33 heavy (non-hydrogen) atoms. The number of furan rings is 1. The average Bonchev–Trinajstić information content (AvgIpc) is 3.20. The molecule has 3 aromatic carbocycles. The van der Waals surface area contributed by atoms with Crippen molar-refractivity contribution in [2.24, 2.45) is 0 Å². The molecule has 0 radical (unpaired) electrons. The van der Waals surface area contributed by atoms with E-state index >= 15 is 0 Å². The second kappa shape index (κ2) is 9.12. The quantitative estimate of drug-likeness (QED) is 0.311. The smallest absolute Gasteiger partial charge is 0.248 e. The van der Waals surface area contributed by atoms with E-state index in [-0.39, 0.29) is 10.7 Å².